The van der Waals surface area contributed by atoms with Crippen LogP contribution in [-0.2, 0) is 5.72 Å². The van der Waals surface area contributed by atoms with Gasteiger partial charge in [-0.1, -0.05) is 30.3 Å². The molecular formula is C20H16F3NO2. The molecule has 26 heavy (non-hydrogen) atoms. The van der Waals surface area contributed by atoms with E-state index in [4.69, 9.17) is 4.74 Å². The van der Waals surface area contributed by atoms with Gasteiger partial charge in [-0.3, -0.25) is 0 Å². The minimum atomic E-state index is -4.86. The number of ether oxygens (including phenoxy) is 1. The molecule has 134 valence electrons. The monoisotopic (exact) mass is 359 g/mol. The molecule has 0 radical (unpaired) electrons. The molecule has 0 spiro atoms. The third-order valence-electron chi connectivity index (χ3n) is 4.89. The number of nitrogens with zero attached hydrogens (tertiary/aromatic N) is 1. The lowest BCUT2D eigenvalue weighted by Gasteiger charge is -2.27. The molecule has 0 bridgehead atoms. The van der Waals surface area contributed by atoms with E-state index in [9.17, 15) is 18.3 Å². The first-order chi connectivity index (χ1) is 12.3. The number of halogens is 3. The molecule has 0 aliphatic carbocycles. The lowest BCUT2D eigenvalue weighted by molar-refractivity contribution is -0.272. The number of hydrogen-bond donors (Lipinski definition) is 1. The Morgan fingerprint density at radius 2 is 1.69 bits per heavy atom. The van der Waals surface area contributed by atoms with Gasteiger partial charge in [0.05, 0.1) is 18.3 Å². The minimum Gasteiger partial charge on any atom is -0.497 e. The number of aryl methyl sites for hydroxylation is 1. The third-order valence-corrected chi connectivity index (χ3v) is 4.89. The van der Waals surface area contributed by atoms with Crippen LogP contribution in [0.3, 0.4) is 0 Å². The molecule has 0 saturated carbocycles. The van der Waals surface area contributed by atoms with Crippen molar-refractivity contribution in [3.05, 3.63) is 71.4 Å². The van der Waals surface area contributed by atoms with E-state index in [1.807, 2.05) is 0 Å². The van der Waals surface area contributed by atoms with Crippen molar-refractivity contribution < 1.29 is 23.0 Å². The fraction of sp³-hybridized carbons (Fsp3) is 0.200. The number of aromatic nitrogens is 1. The van der Waals surface area contributed by atoms with Crippen LogP contribution in [-0.4, -0.2) is 23.0 Å². The average Bonchev–Trinajstić information content (AvgIpc) is 3.10. The topological polar surface area (TPSA) is 34.4 Å². The molecule has 3 aromatic rings. The van der Waals surface area contributed by atoms with Crippen molar-refractivity contribution in [3.63, 3.8) is 0 Å². The van der Waals surface area contributed by atoms with Gasteiger partial charge in [-0.05, 0) is 42.3 Å². The van der Waals surface area contributed by atoms with Crippen LogP contribution in [0, 0.1) is 6.92 Å². The van der Waals surface area contributed by atoms with Crippen molar-refractivity contribution >= 4 is 16.5 Å². The van der Waals surface area contributed by atoms with Crippen molar-refractivity contribution in [2.75, 3.05) is 7.11 Å². The number of fused-ring (bicyclic) bond motifs is 3. The third kappa shape index (κ3) is 2.12. The lowest BCUT2D eigenvalue weighted by Crippen LogP contribution is -2.44. The van der Waals surface area contributed by atoms with Crippen molar-refractivity contribution in [2.24, 2.45) is 0 Å². The molecular weight excluding hydrogens is 343 g/mol. The van der Waals surface area contributed by atoms with Crippen LogP contribution in [0.1, 0.15) is 16.8 Å². The summed E-state index contributed by atoms with van der Waals surface area (Å²) >= 11 is 0. The summed E-state index contributed by atoms with van der Waals surface area (Å²) < 4.78 is 47.6. The van der Waals surface area contributed by atoms with Crippen LogP contribution in [0.4, 0.5) is 13.2 Å². The zero-order valence-electron chi connectivity index (χ0n) is 14.1. The molecule has 1 aliphatic heterocycles. The van der Waals surface area contributed by atoms with E-state index in [-0.39, 0.29) is 0 Å². The minimum absolute atomic E-state index is 0.347. The Labute approximate surface area is 147 Å². The summed E-state index contributed by atoms with van der Waals surface area (Å²) in [5.41, 5.74) is -0.747. The summed E-state index contributed by atoms with van der Waals surface area (Å²) in [4.78, 5) is 0. The summed E-state index contributed by atoms with van der Waals surface area (Å²) in [6.45, 7) is 1.77. The highest BCUT2D eigenvalue weighted by Gasteiger charge is 2.58. The summed E-state index contributed by atoms with van der Waals surface area (Å²) in [6.07, 6.45) is -3.96. The maximum absolute atomic E-state index is 13.8. The Kier molecular flexibility index (Phi) is 3.46. The van der Waals surface area contributed by atoms with Crippen molar-refractivity contribution in [1.82, 2.24) is 4.57 Å². The number of aliphatic hydroxyl groups is 1. The standard InChI is InChI=1S/C20H16F3NO2/c1-12-15-5-3-4-6-17(15)24-18(12)16(11-19(24,25)20(21,22)23)13-7-9-14(26-2)10-8-13/h3-11,25H,1-2H3. The van der Waals surface area contributed by atoms with Gasteiger partial charge < -0.3 is 14.4 Å². The number of hydrogen-bond acceptors (Lipinski definition) is 2. The number of benzene rings is 2. The van der Waals surface area contributed by atoms with Crippen LogP contribution in [0.2, 0.25) is 0 Å². The second kappa shape index (κ2) is 5.38. The first-order valence-electron chi connectivity index (χ1n) is 8.05. The Morgan fingerprint density at radius 3 is 2.31 bits per heavy atom. The summed E-state index contributed by atoms with van der Waals surface area (Å²) in [6, 6.07) is 13.5. The van der Waals surface area contributed by atoms with Gasteiger partial charge in [0, 0.05) is 11.0 Å². The largest absolute Gasteiger partial charge is 0.497 e. The molecule has 2 heterocycles. The molecule has 1 aliphatic rings. The molecule has 1 unspecified atom stereocenters. The van der Waals surface area contributed by atoms with Gasteiger partial charge in [-0.2, -0.15) is 13.2 Å². The molecule has 0 saturated heterocycles. The zero-order chi connectivity index (χ0) is 18.7. The zero-order valence-corrected chi connectivity index (χ0v) is 14.1. The fourth-order valence-electron chi connectivity index (χ4n) is 3.61. The molecule has 1 atom stereocenters. The Balaban J connectivity index is 2.04. The Hall–Kier alpha value is -2.73. The molecule has 1 N–H and O–H groups in total. The van der Waals surface area contributed by atoms with Gasteiger partial charge in [-0.25, -0.2) is 0 Å². The maximum Gasteiger partial charge on any atom is 0.441 e. The molecule has 4 rings (SSSR count). The van der Waals surface area contributed by atoms with E-state index in [2.05, 4.69) is 0 Å². The summed E-state index contributed by atoms with van der Waals surface area (Å²) in [5, 5.41) is 11.3. The van der Waals surface area contributed by atoms with Crippen LogP contribution >= 0.6 is 0 Å². The SMILES string of the molecule is COc1ccc(C2=CC(O)(C(F)(F)F)n3c2c(C)c2ccccc23)cc1. The molecule has 6 heteroatoms. The average molecular weight is 359 g/mol. The maximum atomic E-state index is 13.8. The quantitative estimate of drug-likeness (QED) is 0.725. The molecule has 2 aromatic carbocycles. The highest BCUT2D eigenvalue weighted by Crippen LogP contribution is 2.50. The first-order valence-corrected chi connectivity index (χ1v) is 8.05. The molecule has 0 fully saturated rings. The van der Waals surface area contributed by atoms with Gasteiger partial charge in [0.2, 0.25) is 0 Å². The van der Waals surface area contributed by atoms with Crippen molar-refractivity contribution in [1.29, 1.82) is 0 Å². The molecule has 3 nitrogen and oxygen atoms in total. The van der Waals surface area contributed by atoms with Crippen LogP contribution < -0.4 is 4.74 Å². The molecule has 1 aromatic heterocycles. The van der Waals surface area contributed by atoms with Crippen LogP contribution in [0.15, 0.2) is 54.6 Å². The lowest BCUT2D eigenvalue weighted by atomic mass is 9.99. The number of alkyl halides is 3. The van der Waals surface area contributed by atoms with Gasteiger partial charge >= 0.3 is 6.18 Å². The Bertz CT molecular complexity index is 1030. The van der Waals surface area contributed by atoms with E-state index in [1.54, 1.807) is 55.5 Å². The van der Waals surface area contributed by atoms with E-state index in [1.165, 1.54) is 7.11 Å². The van der Waals surface area contributed by atoms with Gasteiger partial charge in [0.25, 0.3) is 5.72 Å². The highest BCUT2D eigenvalue weighted by molar-refractivity contribution is 5.95. The second-order valence-corrected chi connectivity index (χ2v) is 6.34. The predicted octanol–water partition coefficient (Wildman–Crippen LogP) is 4.61. The number of para-hydroxylation sites is 1. The number of rotatable bonds is 2. The van der Waals surface area contributed by atoms with Gasteiger partial charge in [0.1, 0.15) is 5.75 Å². The van der Waals surface area contributed by atoms with Crippen molar-refractivity contribution in [3.8, 4) is 5.75 Å². The first kappa shape index (κ1) is 16.7. The number of methoxy groups -OCH3 is 1. The van der Waals surface area contributed by atoms with E-state index >= 15 is 0 Å². The summed E-state index contributed by atoms with van der Waals surface area (Å²) in [5.74, 6) is 0.607. The Morgan fingerprint density at radius 1 is 1.04 bits per heavy atom. The smallest absolute Gasteiger partial charge is 0.441 e. The molecule has 0 amide bonds. The van der Waals surface area contributed by atoms with Crippen molar-refractivity contribution in [2.45, 2.75) is 18.8 Å². The van der Waals surface area contributed by atoms with E-state index in [0.29, 0.717) is 39.0 Å². The van der Waals surface area contributed by atoms with Gasteiger partial charge in [0.15, 0.2) is 0 Å². The van der Waals surface area contributed by atoms with E-state index < -0.39 is 11.9 Å². The predicted molar refractivity (Wildman–Crippen MR) is 93.0 cm³/mol. The normalized spacial score (nSPS) is 19.5. The summed E-state index contributed by atoms with van der Waals surface area (Å²) in [7, 11) is 1.52. The highest BCUT2D eigenvalue weighted by atomic mass is 19.4. The van der Waals surface area contributed by atoms with Crippen LogP contribution in [0.25, 0.3) is 16.5 Å². The van der Waals surface area contributed by atoms with E-state index in [0.717, 1.165) is 10.6 Å². The fourth-order valence-corrected chi connectivity index (χ4v) is 3.61. The second-order valence-electron chi connectivity index (χ2n) is 6.34. The van der Waals surface area contributed by atoms with Crippen LogP contribution in [0.5, 0.6) is 5.75 Å². The van der Waals surface area contributed by atoms with Gasteiger partial charge in [-0.15, -0.1) is 0 Å².